The molecule has 86 valence electrons. The molecule has 3 N–H and O–H groups in total. The van der Waals surface area contributed by atoms with Gasteiger partial charge in [0.2, 0.25) is 0 Å². The Morgan fingerprint density at radius 3 is 2.75 bits per heavy atom. The van der Waals surface area contributed by atoms with Crippen LogP contribution in [0.5, 0.6) is 0 Å². The standard InChI is InChI=1S/C12H18N4/c1-8(2)11(14)7-15-12-5-10(6-13)4-9(3)16-12/h4-5,8,11H,7,14H2,1-3H3,(H,15,16). The van der Waals surface area contributed by atoms with Gasteiger partial charge in [0, 0.05) is 18.3 Å². The summed E-state index contributed by atoms with van der Waals surface area (Å²) < 4.78 is 0. The SMILES string of the molecule is Cc1cc(C#N)cc(NCC(N)C(C)C)n1. The summed E-state index contributed by atoms with van der Waals surface area (Å²) in [7, 11) is 0. The number of hydrogen-bond acceptors (Lipinski definition) is 4. The topological polar surface area (TPSA) is 74.7 Å². The van der Waals surface area contributed by atoms with Gasteiger partial charge in [0.05, 0.1) is 11.6 Å². The zero-order valence-electron chi connectivity index (χ0n) is 9.99. The number of nitriles is 1. The second kappa shape index (κ2) is 5.47. The van der Waals surface area contributed by atoms with Crippen molar-refractivity contribution in [2.45, 2.75) is 26.8 Å². The number of anilines is 1. The maximum absolute atomic E-state index is 8.82. The summed E-state index contributed by atoms with van der Waals surface area (Å²) in [6, 6.07) is 5.69. The molecule has 16 heavy (non-hydrogen) atoms. The number of nitrogens with two attached hydrogens (primary N) is 1. The van der Waals surface area contributed by atoms with Gasteiger partial charge in [0.1, 0.15) is 5.82 Å². The third kappa shape index (κ3) is 3.52. The molecule has 4 nitrogen and oxygen atoms in total. The predicted octanol–water partition coefficient (Wildman–Crippen LogP) is 1.66. The number of nitrogens with zero attached hydrogens (tertiary/aromatic N) is 2. The molecule has 0 amide bonds. The average Bonchev–Trinajstić information content (AvgIpc) is 2.24. The number of aryl methyl sites for hydroxylation is 1. The Morgan fingerprint density at radius 2 is 2.19 bits per heavy atom. The normalized spacial score (nSPS) is 12.2. The summed E-state index contributed by atoms with van der Waals surface area (Å²) in [5.74, 6) is 1.14. The largest absolute Gasteiger partial charge is 0.368 e. The van der Waals surface area contributed by atoms with Gasteiger partial charge in [0.25, 0.3) is 0 Å². The molecule has 1 unspecified atom stereocenters. The summed E-state index contributed by atoms with van der Waals surface area (Å²) >= 11 is 0. The number of rotatable bonds is 4. The first kappa shape index (κ1) is 12.5. The minimum Gasteiger partial charge on any atom is -0.368 e. The van der Waals surface area contributed by atoms with Crippen molar-refractivity contribution < 1.29 is 0 Å². The van der Waals surface area contributed by atoms with Crippen LogP contribution in [0.2, 0.25) is 0 Å². The molecule has 1 rings (SSSR count). The van der Waals surface area contributed by atoms with Crippen molar-refractivity contribution in [3.05, 3.63) is 23.4 Å². The predicted molar refractivity (Wildman–Crippen MR) is 65.0 cm³/mol. The smallest absolute Gasteiger partial charge is 0.127 e. The molecule has 0 fully saturated rings. The van der Waals surface area contributed by atoms with Crippen LogP contribution in [-0.4, -0.2) is 17.6 Å². The number of pyridine rings is 1. The monoisotopic (exact) mass is 218 g/mol. The van der Waals surface area contributed by atoms with Gasteiger partial charge in [-0.3, -0.25) is 0 Å². The second-order valence-corrected chi connectivity index (χ2v) is 4.28. The van der Waals surface area contributed by atoms with E-state index in [0.29, 0.717) is 23.8 Å². The van der Waals surface area contributed by atoms with Gasteiger partial charge >= 0.3 is 0 Å². The average molecular weight is 218 g/mol. The fourth-order valence-corrected chi connectivity index (χ4v) is 1.28. The molecule has 1 aromatic heterocycles. The van der Waals surface area contributed by atoms with Crippen LogP contribution in [0.25, 0.3) is 0 Å². The molecule has 1 aromatic rings. The number of hydrogen-bond donors (Lipinski definition) is 2. The summed E-state index contributed by atoms with van der Waals surface area (Å²) in [5, 5.41) is 12.0. The molecule has 0 aromatic carbocycles. The number of nitrogens with one attached hydrogen (secondary N) is 1. The first-order chi connectivity index (χ1) is 7.52. The van der Waals surface area contributed by atoms with Crippen molar-refractivity contribution in [3.63, 3.8) is 0 Å². The molecular weight excluding hydrogens is 200 g/mol. The van der Waals surface area contributed by atoms with Gasteiger partial charge in [-0.25, -0.2) is 4.98 Å². The Labute approximate surface area is 96.5 Å². The first-order valence-electron chi connectivity index (χ1n) is 5.41. The van der Waals surface area contributed by atoms with Crippen LogP contribution in [0.15, 0.2) is 12.1 Å². The second-order valence-electron chi connectivity index (χ2n) is 4.28. The molecule has 1 atom stereocenters. The molecule has 0 aliphatic rings. The van der Waals surface area contributed by atoms with Gasteiger partial charge in [0.15, 0.2) is 0 Å². The van der Waals surface area contributed by atoms with Crippen molar-refractivity contribution in [1.82, 2.24) is 4.98 Å². The van der Waals surface area contributed by atoms with E-state index in [4.69, 9.17) is 11.0 Å². The molecule has 0 aliphatic heterocycles. The Morgan fingerprint density at radius 1 is 1.50 bits per heavy atom. The molecular formula is C12H18N4. The number of aromatic nitrogens is 1. The molecule has 0 saturated carbocycles. The van der Waals surface area contributed by atoms with Gasteiger partial charge < -0.3 is 11.1 Å². The van der Waals surface area contributed by atoms with Crippen LogP contribution in [-0.2, 0) is 0 Å². The maximum atomic E-state index is 8.82. The summed E-state index contributed by atoms with van der Waals surface area (Å²) in [6.45, 7) is 6.70. The van der Waals surface area contributed by atoms with Crippen molar-refractivity contribution in [1.29, 1.82) is 5.26 Å². The molecule has 0 radical (unpaired) electrons. The van der Waals surface area contributed by atoms with E-state index in [9.17, 15) is 0 Å². The van der Waals surface area contributed by atoms with E-state index >= 15 is 0 Å². The van der Waals surface area contributed by atoms with E-state index in [0.717, 1.165) is 5.69 Å². The molecule has 1 heterocycles. The zero-order valence-corrected chi connectivity index (χ0v) is 9.99. The lowest BCUT2D eigenvalue weighted by atomic mass is 10.1. The van der Waals surface area contributed by atoms with Crippen molar-refractivity contribution >= 4 is 5.82 Å². The van der Waals surface area contributed by atoms with Crippen molar-refractivity contribution in [2.75, 3.05) is 11.9 Å². The Bertz CT molecular complexity index is 392. The maximum Gasteiger partial charge on any atom is 0.127 e. The van der Waals surface area contributed by atoms with Crippen LogP contribution < -0.4 is 11.1 Å². The van der Waals surface area contributed by atoms with Crippen molar-refractivity contribution in [2.24, 2.45) is 11.7 Å². The highest BCUT2D eigenvalue weighted by atomic mass is 15.0. The lowest BCUT2D eigenvalue weighted by molar-refractivity contribution is 0.511. The fraction of sp³-hybridized carbons (Fsp3) is 0.500. The molecule has 0 spiro atoms. The van der Waals surface area contributed by atoms with E-state index in [2.05, 4.69) is 30.2 Å². The minimum absolute atomic E-state index is 0.0906. The highest BCUT2D eigenvalue weighted by molar-refractivity contribution is 5.44. The fourth-order valence-electron chi connectivity index (χ4n) is 1.28. The highest BCUT2D eigenvalue weighted by Crippen LogP contribution is 2.09. The summed E-state index contributed by atoms with van der Waals surface area (Å²) in [6.07, 6.45) is 0. The van der Waals surface area contributed by atoms with Crippen LogP contribution in [0, 0.1) is 24.2 Å². The van der Waals surface area contributed by atoms with Crippen LogP contribution in [0.4, 0.5) is 5.82 Å². The molecule has 0 saturated heterocycles. The highest BCUT2D eigenvalue weighted by Gasteiger charge is 2.07. The van der Waals surface area contributed by atoms with Crippen LogP contribution >= 0.6 is 0 Å². The zero-order chi connectivity index (χ0) is 12.1. The Kier molecular flexibility index (Phi) is 4.27. The lowest BCUT2D eigenvalue weighted by Gasteiger charge is -2.16. The summed E-state index contributed by atoms with van der Waals surface area (Å²) in [5.41, 5.74) is 7.37. The third-order valence-corrected chi connectivity index (χ3v) is 2.46. The molecule has 0 aliphatic carbocycles. The van der Waals surface area contributed by atoms with Gasteiger partial charge in [-0.05, 0) is 25.0 Å². The third-order valence-electron chi connectivity index (χ3n) is 2.46. The lowest BCUT2D eigenvalue weighted by Crippen LogP contribution is -2.34. The van der Waals surface area contributed by atoms with Crippen molar-refractivity contribution in [3.8, 4) is 6.07 Å². The summed E-state index contributed by atoms with van der Waals surface area (Å²) in [4.78, 5) is 4.30. The quantitative estimate of drug-likeness (QED) is 0.806. The van der Waals surface area contributed by atoms with E-state index in [-0.39, 0.29) is 6.04 Å². The van der Waals surface area contributed by atoms with E-state index in [1.807, 2.05) is 6.92 Å². The van der Waals surface area contributed by atoms with Gasteiger partial charge in [-0.1, -0.05) is 13.8 Å². The molecule has 0 bridgehead atoms. The minimum atomic E-state index is 0.0906. The van der Waals surface area contributed by atoms with Gasteiger partial charge in [-0.2, -0.15) is 5.26 Å². The first-order valence-corrected chi connectivity index (χ1v) is 5.41. The van der Waals surface area contributed by atoms with Gasteiger partial charge in [-0.15, -0.1) is 0 Å². The Balaban J connectivity index is 2.68. The van der Waals surface area contributed by atoms with E-state index < -0.39 is 0 Å². The van der Waals surface area contributed by atoms with E-state index in [1.165, 1.54) is 0 Å². The van der Waals surface area contributed by atoms with Crippen LogP contribution in [0.1, 0.15) is 25.1 Å². The van der Waals surface area contributed by atoms with E-state index in [1.54, 1.807) is 12.1 Å². The van der Waals surface area contributed by atoms with Crippen LogP contribution in [0.3, 0.4) is 0 Å². The Hall–Kier alpha value is -1.60. The molecule has 4 heteroatoms.